The number of rotatable bonds is 43. The molecule has 0 aromatic carbocycles. The molecule has 0 aliphatic rings. The Hall–Kier alpha value is -3.41. The molecule has 342 valence electrons. The van der Waals surface area contributed by atoms with Crippen LogP contribution in [0.25, 0.3) is 0 Å². The monoisotopic (exact) mass is 835 g/mol. The highest BCUT2D eigenvalue weighted by atomic mass is 16.6. The molecule has 0 amide bonds. The molecule has 0 bridgehead atoms. The number of unbranched alkanes of at least 4 members (excludes halogenated alkanes) is 18. The normalized spacial score (nSPS) is 12.8. The lowest BCUT2D eigenvalue weighted by Crippen LogP contribution is -2.30. The molecule has 0 N–H and O–H groups in total. The first-order chi connectivity index (χ1) is 29.5. The number of ether oxygens (including phenoxy) is 3. The zero-order valence-corrected chi connectivity index (χ0v) is 38.9. The number of allylic oxidation sites excluding steroid dienone is 14. The van der Waals surface area contributed by atoms with Gasteiger partial charge in [-0.1, -0.05) is 209 Å². The summed E-state index contributed by atoms with van der Waals surface area (Å²) in [5.41, 5.74) is 0. The molecular formula is C54H90O6. The molecule has 1 atom stereocenters. The van der Waals surface area contributed by atoms with Crippen molar-refractivity contribution in [1.29, 1.82) is 0 Å². The quantitative estimate of drug-likeness (QED) is 0.0263. The van der Waals surface area contributed by atoms with Crippen molar-refractivity contribution < 1.29 is 28.6 Å². The van der Waals surface area contributed by atoms with Gasteiger partial charge in [0.05, 0.1) is 0 Å². The third-order valence-electron chi connectivity index (χ3n) is 10.1. The average molecular weight is 835 g/mol. The van der Waals surface area contributed by atoms with E-state index in [0.29, 0.717) is 19.3 Å². The Morgan fingerprint density at radius 2 is 0.700 bits per heavy atom. The molecule has 0 spiro atoms. The van der Waals surface area contributed by atoms with Crippen LogP contribution in [0, 0.1) is 0 Å². The molecule has 0 saturated heterocycles. The highest BCUT2D eigenvalue weighted by molar-refractivity contribution is 5.71. The largest absolute Gasteiger partial charge is 0.462 e. The summed E-state index contributed by atoms with van der Waals surface area (Å²) in [4.78, 5) is 37.8. The van der Waals surface area contributed by atoms with Crippen LogP contribution in [-0.2, 0) is 28.6 Å². The van der Waals surface area contributed by atoms with E-state index in [1.807, 2.05) is 12.2 Å². The van der Waals surface area contributed by atoms with Crippen molar-refractivity contribution in [3.63, 3.8) is 0 Å². The Bertz CT molecular complexity index is 1190. The molecule has 0 saturated carbocycles. The van der Waals surface area contributed by atoms with Crippen molar-refractivity contribution >= 4 is 17.9 Å². The minimum atomic E-state index is -0.806. The van der Waals surface area contributed by atoms with Gasteiger partial charge in [-0.25, -0.2) is 0 Å². The van der Waals surface area contributed by atoms with Gasteiger partial charge in [0.1, 0.15) is 13.2 Å². The number of esters is 3. The molecule has 6 nitrogen and oxygen atoms in total. The first-order valence-corrected chi connectivity index (χ1v) is 24.6. The molecule has 0 aliphatic heterocycles. The van der Waals surface area contributed by atoms with E-state index in [-0.39, 0.29) is 37.5 Å². The Morgan fingerprint density at radius 3 is 1.17 bits per heavy atom. The summed E-state index contributed by atoms with van der Waals surface area (Å²) in [6.45, 7) is 6.40. The molecule has 0 unspecified atom stereocenters. The summed E-state index contributed by atoms with van der Waals surface area (Å²) < 4.78 is 16.7. The molecule has 0 rings (SSSR count). The van der Waals surface area contributed by atoms with Gasteiger partial charge in [0.15, 0.2) is 6.10 Å². The van der Waals surface area contributed by atoms with E-state index < -0.39 is 6.10 Å². The van der Waals surface area contributed by atoms with Gasteiger partial charge >= 0.3 is 17.9 Å². The molecule has 6 heteroatoms. The molecule has 0 fully saturated rings. The van der Waals surface area contributed by atoms with E-state index in [1.54, 1.807) is 0 Å². The second kappa shape index (κ2) is 48.3. The van der Waals surface area contributed by atoms with Crippen molar-refractivity contribution in [1.82, 2.24) is 0 Å². The zero-order valence-electron chi connectivity index (χ0n) is 38.9. The van der Waals surface area contributed by atoms with Crippen LogP contribution in [0.3, 0.4) is 0 Å². The van der Waals surface area contributed by atoms with E-state index in [1.165, 1.54) is 83.5 Å². The molecule has 0 radical (unpaired) electrons. The number of hydrogen-bond donors (Lipinski definition) is 0. The van der Waals surface area contributed by atoms with Crippen LogP contribution >= 0.6 is 0 Å². The predicted molar refractivity (Wildman–Crippen MR) is 256 cm³/mol. The maximum Gasteiger partial charge on any atom is 0.306 e. The molecular weight excluding hydrogens is 745 g/mol. The molecule has 0 aromatic heterocycles. The fourth-order valence-corrected chi connectivity index (χ4v) is 6.45. The van der Waals surface area contributed by atoms with E-state index in [2.05, 4.69) is 93.7 Å². The van der Waals surface area contributed by atoms with E-state index in [9.17, 15) is 14.4 Å². The van der Waals surface area contributed by atoms with Gasteiger partial charge in [0.2, 0.25) is 0 Å². The van der Waals surface area contributed by atoms with Crippen molar-refractivity contribution in [3.05, 3.63) is 85.1 Å². The van der Waals surface area contributed by atoms with Gasteiger partial charge in [-0.3, -0.25) is 14.4 Å². The van der Waals surface area contributed by atoms with Crippen LogP contribution in [0.2, 0.25) is 0 Å². The Labute approximate surface area is 369 Å². The van der Waals surface area contributed by atoms with Crippen molar-refractivity contribution in [2.75, 3.05) is 13.2 Å². The summed E-state index contributed by atoms with van der Waals surface area (Å²) in [6.07, 6.45) is 61.5. The van der Waals surface area contributed by atoms with Crippen molar-refractivity contribution in [2.24, 2.45) is 0 Å². The maximum absolute atomic E-state index is 12.7. The summed E-state index contributed by atoms with van der Waals surface area (Å²) in [6, 6.07) is 0. The lowest BCUT2D eigenvalue weighted by Gasteiger charge is -2.18. The SMILES string of the molecule is CC/C=C\C/C=C\C/C=C\C/C=C\C/C=C\C/C=C\CCC(=O)OC[C@@H](COC(=O)CCCCCCC/C=C\CCCC)OC(=O)CCCCCCCCCCCCCC. The minimum Gasteiger partial charge on any atom is -0.462 e. The van der Waals surface area contributed by atoms with Crippen LogP contribution in [0.5, 0.6) is 0 Å². The fraction of sp³-hybridized carbons (Fsp3) is 0.685. The minimum absolute atomic E-state index is 0.103. The number of hydrogen-bond acceptors (Lipinski definition) is 6. The van der Waals surface area contributed by atoms with Gasteiger partial charge in [0, 0.05) is 19.3 Å². The molecule has 0 aromatic rings. The second-order valence-electron chi connectivity index (χ2n) is 16.0. The summed E-state index contributed by atoms with van der Waals surface area (Å²) >= 11 is 0. The lowest BCUT2D eigenvalue weighted by molar-refractivity contribution is -0.166. The number of carbonyl (C=O) groups excluding carboxylic acids is 3. The van der Waals surface area contributed by atoms with Crippen LogP contribution < -0.4 is 0 Å². The first-order valence-electron chi connectivity index (χ1n) is 24.6. The fourth-order valence-electron chi connectivity index (χ4n) is 6.45. The summed E-state index contributed by atoms with van der Waals surface area (Å²) in [7, 11) is 0. The van der Waals surface area contributed by atoms with Gasteiger partial charge in [-0.2, -0.15) is 0 Å². The molecule has 60 heavy (non-hydrogen) atoms. The van der Waals surface area contributed by atoms with Gasteiger partial charge in [-0.05, 0) is 77.0 Å². The molecule has 0 aliphatic carbocycles. The highest BCUT2D eigenvalue weighted by Crippen LogP contribution is 2.14. The van der Waals surface area contributed by atoms with Crippen LogP contribution in [0.4, 0.5) is 0 Å². The third-order valence-corrected chi connectivity index (χ3v) is 10.1. The Kier molecular flexibility index (Phi) is 45.5. The first kappa shape index (κ1) is 56.6. The summed E-state index contributed by atoms with van der Waals surface area (Å²) in [5, 5.41) is 0. The Balaban J connectivity index is 4.48. The van der Waals surface area contributed by atoms with Crippen LogP contribution in [-0.4, -0.2) is 37.2 Å². The maximum atomic E-state index is 12.7. The zero-order chi connectivity index (χ0) is 43.7. The highest BCUT2D eigenvalue weighted by Gasteiger charge is 2.19. The average Bonchev–Trinajstić information content (AvgIpc) is 3.24. The summed E-state index contributed by atoms with van der Waals surface area (Å²) in [5.74, 6) is -1.00. The van der Waals surface area contributed by atoms with E-state index >= 15 is 0 Å². The van der Waals surface area contributed by atoms with Gasteiger partial charge in [0.25, 0.3) is 0 Å². The standard InChI is InChI=1S/C54H90O6/c1-4-7-10-13-16-19-22-24-25-26-27-28-29-30-33-35-38-41-44-47-53(56)59-50-51(49-58-52(55)46-43-40-37-34-31-21-18-15-12-9-6-3)60-54(57)48-45-42-39-36-32-23-20-17-14-11-8-5-2/h7,10,15-16,18-19,24-25,27-28,30,33,38,41,51H,4-6,8-9,11-14,17,20-23,26,29,31-32,34-37,39-40,42-50H2,1-3H3/b10-7-,18-15-,19-16-,25-24-,28-27-,33-30-,41-38-/t51-/m1/s1. The van der Waals surface area contributed by atoms with Crippen LogP contribution in [0.1, 0.15) is 220 Å². The van der Waals surface area contributed by atoms with Gasteiger partial charge < -0.3 is 14.2 Å². The molecule has 0 heterocycles. The van der Waals surface area contributed by atoms with Crippen molar-refractivity contribution in [2.45, 2.75) is 226 Å². The van der Waals surface area contributed by atoms with Gasteiger partial charge in [-0.15, -0.1) is 0 Å². The predicted octanol–water partition coefficient (Wildman–Crippen LogP) is 16.0. The number of carbonyl (C=O) groups is 3. The lowest BCUT2D eigenvalue weighted by atomic mass is 10.0. The van der Waals surface area contributed by atoms with E-state index in [0.717, 1.165) is 89.9 Å². The topological polar surface area (TPSA) is 78.9 Å². The third kappa shape index (κ3) is 45.7. The van der Waals surface area contributed by atoms with E-state index in [4.69, 9.17) is 14.2 Å². The Morgan fingerprint density at radius 1 is 0.350 bits per heavy atom. The second-order valence-corrected chi connectivity index (χ2v) is 16.0. The van der Waals surface area contributed by atoms with Crippen molar-refractivity contribution in [3.8, 4) is 0 Å². The smallest absolute Gasteiger partial charge is 0.306 e. The van der Waals surface area contributed by atoms with Crippen LogP contribution in [0.15, 0.2) is 85.1 Å².